The number of aryl methyl sites for hydroxylation is 2. The van der Waals surface area contributed by atoms with Gasteiger partial charge in [0.05, 0.1) is 17.8 Å². The van der Waals surface area contributed by atoms with Crippen LogP contribution in [0.3, 0.4) is 0 Å². The maximum Gasteiger partial charge on any atom is 0.305 e. The third kappa shape index (κ3) is 6.44. The Hall–Kier alpha value is -3.61. The fourth-order valence-corrected chi connectivity index (χ4v) is 3.61. The lowest BCUT2D eigenvalue weighted by Crippen LogP contribution is -2.26. The van der Waals surface area contributed by atoms with Crippen LogP contribution in [0.1, 0.15) is 66.4 Å². The number of rotatable bonds is 11. The Morgan fingerprint density at radius 3 is 2.36 bits per heavy atom. The molecule has 1 aromatic heterocycles. The van der Waals surface area contributed by atoms with Gasteiger partial charge in [-0.25, -0.2) is 4.68 Å². The highest BCUT2D eigenvalue weighted by Crippen LogP contribution is 2.27. The van der Waals surface area contributed by atoms with E-state index >= 15 is 0 Å². The van der Waals surface area contributed by atoms with Crippen molar-refractivity contribution < 1.29 is 19.4 Å². The van der Waals surface area contributed by atoms with Gasteiger partial charge in [-0.05, 0) is 67.3 Å². The molecule has 174 valence electrons. The average molecular weight is 450 g/mol. The average Bonchev–Trinajstić information content (AvgIpc) is 3.19. The summed E-state index contributed by atoms with van der Waals surface area (Å²) in [5.74, 6) is -0.456. The number of amides is 1. The number of carboxylic acid groups (broad SMARTS) is 1. The zero-order valence-corrected chi connectivity index (χ0v) is 19.4. The third-order valence-corrected chi connectivity index (χ3v) is 5.48. The minimum Gasteiger partial charge on any atom is -0.486 e. The number of carboxylic acids is 1. The molecule has 3 aromatic rings. The fraction of sp³-hybridized carbons (Fsp3) is 0.346. The normalized spacial score (nSPS) is 11.7. The van der Waals surface area contributed by atoms with Gasteiger partial charge in [0.15, 0.2) is 0 Å². The zero-order chi connectivity index (χ0) is 23.8. The number of carbonyl (C=O) groups excluding carboxylic acids is 1. The Labute approximate surface area is 194 Å². The first-order valence-electron chi connectivity index (χ1n) is 11.3. The van der Waals surface area contributed by atoms with Crippen LogP contribution < -0.4 is 10.1 Å². The molecule has 1 atom stereocenters. The molecule has 1 heterocycles. The molecule has 0 fully saturated rings. The van der Waals surface area contributed by atoms with E-state index < -0.39 is 5.97 Å². The topological polar surface area (TPSA) is 93.5 Å². The van der Waals surface area contributed by atoms with Crippen molar-refractivity contribution in [3.63, 3.8) is 0 Å². The van der Waals surface area contributed by atoms with E-state index in [-0.39, 0.29) is 25.0 Å². The number of benzene rings is 2. The van der Waals surface area contributed by atoms with Crippen molar-refractivity contribution in [2.24, 2.45) is 0 Å². The van der Waals surface area contributed by atoms with Gasteiger partial charge in [0, 0.05) is 18.3 Å². The van der Waals surface area contributed by atoms with E-state index in [4.69, 9.17) is 9.84 Å². The lowest BCUT2D eigenvalue weighted by Gasteiger charge is -2.19. The Morgan fingerprint density at radius 1 is 1.09 bits per heavy atom. The second-order valence-electron chi connectivity index (χ2n) is 7.95. The Kier molecular flexibility index (Phi) is 8.24. The first kappa shape index (κ1) is 24.0. The lowest BCUT2D eigenvalue weighted by atomic mass is 10.0. The SMILES string of the molecule is CCCC(Oc1ccc(-n2cc(CC)c(C)n2)cc1)c1ccc(C(=O)NCCC(=O)O)cc1. The standard InChI is InChI=1S/C26H31N3O4/c1-4-6-24(20-7-9-21(10-8-20)26(32)27-16-15-25(30)31)33-23-13-11-22(12-14-23)29-17-19(5-2)18(3)28-29/h7-14,17,24H,4-6,15-16H2,1-3H3,(H,27,32)(H,30,31). The van der Waals surface area contributed by atoms with Crippen LogP contribution in [-0.4, -0.2) is 33.3 Å². The van der Waals surface area contributed by atoms with E-state index in [1.807, 2.05) is 48.0 Å². The van der Waals surface area contributed by atoms with E-state index in [1.165, 1.54) is 5.56 Å². The molecule has 2 N–H and O–H groups in total. The summed E-state index contributed by atoms with van der Waals surface area (Å²) < 4.78 is 8.17. The van der Waals surface area contributed by atoms with Crippen molar-refractivity contribution in [2.45, 2.75) is 52.6 Å². The molecule has 1 unspecified atom stereocenters. The molecule has 7 nitrogen and oxygen atoms in total. The molecule has 0 bridgehead atoms. The van der Waals surface area contributed by atoms with E-state index in [0.717, 1.165) is 42.0 Å². The van der Waals surface area contributed by atoms with E-state index in [9.17, 15) is 9.59 Å². The van der Waals surface area contributed by atoms with Crippen LogP contribution in [0, 0.1) is 6.92 Å². The Balaban J connectivity index is 1.67. The van der Waals surface area contributed by atoms with Gasteiger partial charge in [0.1, 0.15) is 11.9 Å². The summed E-state index contributed by atoms with van der Waals surface area (Å²) in [7, 11) is 0. The Morgan fingerprint density at radius 2 is 1.79 bits per heavy atom. The molecule has 0 aliphatic heterocycles. The van der Waals surface area contributed by atoms with Crippen LogP contribution in [0.2, 0.25) is 0 Å². The lowest BCUT2D eigenvalue weighted by molar-refractivity contribution is -0.136. The molecule has 0 spiro atoms. The maximum atomic E-state index is 12.2. The quantitative estimate of drug-likeness (QED) is 0.436. The molecule has 33 heavy (non-hydrogen) atoms. The van der Waals surface area contributed by atoms with Crippen molar-refractivity contribution in [3.05, 3.63) is 77.1 Å². The monoisotopic (exact) mass is 449 g/mol. The van der Waals surface area contributed by atoms with Gasteiger partial charge < -0.3 is 15.2 Å². The number of nitrogens with zero attached hydrogens (tertiary/aromatic N) is 2. The first-order valence-corrected chi connectivity index (χ1v) is 11.3. The predicted octanol–water partition coefficient (Wildman–Crippen LogP) is 4.87. The summed E-state index contributed by atoms with van der Waals surface area (Å²) in [6.45, 7) is 6.35. The molecule has 1 amide bonds. The maximum absolute atomic E-state index is 12.2. The van der Waals surface area contributed by atoms with Crippen molar-refractivity contribution in [3.8, 4) is 11.4 Å². The predicted molar refractivity (Wildman–Crippen MR) is 127 cm³/mol. The molecule has 2 aromatic carbocycles. The van der Waals surface area contributed by atoms with Crippen LogP contribution in [0.25, 0.3) is 5.69 Å². The molecule has 0 saturated carbocycles. The largest absolute Gasteiger partial charge is 0.486 e. The smallest absolute Gasteiger partial charge is 0.305 e. The number of aliphatic carboxylic acids is 1. The van der Waals surface area contributed by atoms with Crippen LogP contribution >= 0.6 is 0 Å². The molecule has 0 radical (unpaired) electrons. The van der Waals surface area contributed by atoms with Gasteiger partial charge in [0.25, 0.3) is 5.91 Å². The van der Waals surface area contributed by atoms with Gasteiger partial charge in [-0.1, -0.05) is 32.4 Å². The molecule has 0 saturated heterocycles. The molecular formula is C26H31N3O4. The van der Waals surface area contributed by atoms with E-state index in [0.29, 0.717) is 5.56 Å². The van der Waals surface area contributed by atoms with Gasteiger partial charge >= 0.3 is 5.97 Å². The number of hydrogen-bond acceptors (Lipinski definition) is 4. The summed E-state index contributed by atoms with van der Waals surface area (Å²) in [4.78, 5) is 22.8. The van der Waals surface area contributed by atoms with Gasteiger partial charge in [0.2, 0.25) is 0 Å². The fourth-order valence-electron chi connectivity index (χ4n) is 3.61. The summed E-state index contributed by atoms with van der Waals surface area (Å²) >= 11 is 0. The van der Waals surface area contributed by atoms with Crippen molar-refractivity contribution in [1.29, 1.82) is 0 Å². The Bertz CT molecular complexity index is 1070. The van der Waals surface area contributed by atoms with Crippen molar-refractivity contribution >= 4 is 11.9 Å². The van der Waals surface area contributed by atoms with Crippen LogP contribution in [0.4, 0.5) is 0 Å². The van der Waals surface area contributed by atoms with Crippen molar-refractivity contribution in [2.75, 3.05) is 6.54 Å². The van der Waals surface area contributed by atoms with E-state index in [1.54, 1.807) is 12.1 Å². The number of carbonyl (C=O) groups is 2. The summed E-state index contributed by atoms with van der Waals surface area (Å²) in [5, 5.41) is 15.9. The molecule has 0 aliphatic carbocycles. The number of ether oxygens (including phenoxy) is 1. The molecule has 7 heteroatoms. The van der Waals surface area contributed by atoms with E-state index in [2.05, 4.69) is 30.5 Å². The van der Waals surface area contributed by atoms with Gasteiger partial charge in [-0.2, -0.15) is 5.10 Å². The molecule has 3 rings (SSSR count). The summed E-state index contributed by atoms with van der Waals surface area (Å²) in [6.07, 6.45) is 4.56. The second kappa shape index (κ2) is 11.3. The van der Waals surface area contributed by atoms with Crippen LogP contribution in [0.5, 0.6) is 5.75 Å². The first-order chi connectivity index (χ1) is 15.9. The summed E-state index contributed by atoms with van der Waals surface area (Å²) in [6, 6.07) is 15.1. The molecular weight excluding hydrogens is 418 g/mol. The highest BCUT2D eigenvalue weighted by molar-refractivity contribution is 5.94. The number of aromatic nitrogens is 2. The van der Waals surface area contributed by atoms with Crippen molar-refractivity contribution in [1.82, 2.24) is 15.1 Å². The third-order valence-electron chi connectivity index (χ3n) is 5.48. The number of nitrogens with one attached hydrogen (secondary N) is 1. The zero-order valence-electron chi connectivity index (χ0n) is 19.4. The molecule has 0 aliphatic rings. The highest BCUT2D eigenvalue weighted by Gasteiger charge is 2.15. The minimum atomic E-state index is -0.941. The second-order valence-corrected chi connectivity index (χ2v) is 7.95. The number of hydrogen-bond donors (Lipinski definition) is 2. The minimum absolute atomic E-state index is 0.102. The van der Waals surface area contributed by atoms with Gasteiger partial charge in [-0.3, -0.25) is 9.59 Å². The van der Waals surface area contributed by atoms with Crippen LogP contribution in [0.15, 0.2) is 54.7 Å². The highest BCUT2D eigenvalue weighted by atomic mass is 16.5. The van der Waals surface area contributed by atoms with Gasteiger partial charge in [-0.15, -0.1) is 0 Å². The summed E-state index contributed by atoms with van der Waals surface area (Å²) in [5.41, 5.74) is 4.73. The van der Waals surface area contributed by atoms with Crippen LogP contribution in [-0.2, 0) is 11.2 Å².